The van der Waals surface area contributed by atoms with Crippen molar-refractivity contribution in [1.29, 1.82) is 0 Å². The number of amides is 1. The average molecular weight is 439 g/mol. The SMILES string of the molecule is CC(C)(C)OC(=O)N1CCC(c2ccc(Cl)cc2)(c2ccc(-c3cnco3)cc2)CC1. The molecule has 31 heavy (non-hydrogen) atoms. The van der Waals surface area contributed by atoms with Crippen molar-refractivity contribution in [3.8, 4) is 11.3 Å². The van der Waals surface area contributed by atoms with Gasteiger partial charge in [-0.05, 0) is 56.9 Å². The topological polar surface area (TPSA) is 55.6 Å². The van der Waals surface area contributed by atoms with E-state index in [1.54, 1.807) is 6.20 Å². The highest BCUT2D eigenvalue weighted by Gasteiger charge is 2.39. The maximum Gasteiger partial charge on any atom is 0.410 e. The molecule has 0 radical (unpaired) electrons. The molecule has 1 fully saturated rings. The van der Waals surface area contributed by atoms with Gasteiger partial charge in [-0.1, -0.05) is 48.0 Å². The third-order valence-corrected chi connectivity index (χ3v) is 6.07. The summed E-state index contributed by atoms with van der Waals surface area (Å²) in [4.78, 5) is 18.4. The predicted octanol–water partition coefficient (Wildman–Crippen LogP) is 6.31. The summed E-state index contributed by atoms with van der Waals surface area (Å²) >= 11 is 6.16. The highest BCUT2D eigenvalue weighted by atomic mass is 35.5. The number of carbonyl (C=O) groups excluding carboxylic acids is 1. The second-order valence-corrected chi connectivity index (χ2v) is 9.44. The number of nitrogens with zero attached hydrogens (tertiary/aromatic N) is 2. The van der Waals surface area contributed by atoms with Gasteiger partial charge in [0.1, 0.15) is 5.60 Å². The molecule has 1 aromatic heterocycles. The lowest BCUT2D eigenvalue weighted by atomic mass is 9.68. The molecular weight excluding hydrogens is 412 g/mol. The van der Waals surface area contributed by atoms with Crippen molar-refractivity contribution in [1.82, 2.24) is 9.88 Å². The first kappa shape index (κ1) is 21.4. The van der Waals surface area contributed by atoms with Crippen molar-refractivity contribution in [3.63, 3.8) is 0 Å². The first-order chi connectivity index (χ1) is 14.8. The number of piperidine rings is 1. The number of hydrogen-bond acceptors (Lipinski definition) is 4. The third-order valence-electron chi connectivity index (χ3n) is 5.82. The lowest BCUT2D eigenvalue weighted by Crippen LogP contribution is -2.47. The minimum Gasteiger partial charge on any atom is -0.444 e. The van der Waals surface area contributed by atoms with E-state index in [9.17, 15) is 4.79 Å². The standard InChI is InChI=1S/C25H27ClN2O3/c1-24(2,3)31-23(29)28-14-12-25(13-15-28,20-8-10-21(26)11-9-20)19-6-4-18(5-7-19)22-16-27-17-30-22/h4-11,16-17H,12-15H2,1-3H3. The summed E-state index contributed by atoms with van der Waals surface area (Å²) in [5, 5.41) is 0.714. The van der Waals surface area contributed by atoms with Gasteiger partial charge in [0.2, 0.25) is 0 Å². The van der Waals surface area contributed by atoms with E-state index in [4.69, 9.17) is 20.8 Å². The Labute approximate surface area is 188 Å². The Bertz CT molecular complexity index is 1010. The van der Waals surface area contributed by atoms with Crippen LogP contribution in [0.4, 0.5) is 4.79 Å². The van der Waals surface area contributed by atoms with Crippen LogP contribution in [0.5, 0.6) is 0 Å². The van der Waals surface area contributed by atoms with Gasteiger partial charge >= 0.3 is 6.09 Å². The zero-order chi connectivity index (χ0) is 22.1. The third kappa shape index (κ3) is 4.62. The molecule has 2 heterocycles. The molecule has 0 unspecified atom stereocenters. The van der Waals surface area contributed by atoms with Gasteiger partial charge in [-0.15, -0.1) is 0 Å². The fourth-order valence-electron chi connectivity index (χ4n) is 4.22. The van der Waals surface area contributed by atoms with Crippen LogP contribution in [0, 0.1) is 0 Å². The van der Waals surface area contributed by atoms with Crippen LogP contribution in [0.2, 0.25) is 5.02 Å². The number of likely N-dealkylation sites (tertiary alicyclic amines) is 1. The lowest BCUT2D eigenvalue weighted by Gasteiger charge is -2.43. The Morgan fingerprint density at radius 2 is 1.61 bits per heavy atom. The smallest absolute Gasteiger partial charge is 0.410 e. The van der Waals surface area contributed by atoms with Crippen molar-refractivity contribution in [2.45, 2.75) is 44.6 Å². The molecule has 1 aliphatic heterocycles. The second-order valence-electron chi connectivity index (χ2n) is 9.00. The molecular formula is C25H27ClN2O3. The van der Waals surface area contributed by atoms with E-state index in [1.807, 2.05) is 37.8 Å². The summed E-state index contributed by atoms with van der Waals surface area (Å²) in [5.41, 5.74) is 2.69. The van der Waals surface area contributed by atoms with E-state index in [1.165, 1.54) is 17.5 Å². The molecule has 3 aromatic rings. The van der Waals surface area contributed by atoms with Crippen LogP contribution in [0.3, 0.4) is 0 Å². The molecule has 4 rings (SSSR count). The van der Waals surface area contributed by atoms with E-state index >= 15 is 0 Å². The molecule has 5 nitrogen and oxygen atoms in total. The van der Waals surface area contributed by atoms with E-state index in [0.717, 1.165) is 24.2 Å². The van der Waals surface area contributed by atoms with E-state index in [-0.39, 0.29) is 11.5 Å². The first-order valence-electron chi connectivity index (χ1n) is 10.5. The summed E-state index contributed by atoms with van der Waals surface area (Å²) < 4.78 is 11.0. The quantitative estimate of drug-likeness (QED) is 0.480. The van der Waals surface area contributed by atoms with Gasteiger partial charge in [-0.2, -0.15) is 0 Å². The molecule has 0 atom stereocenters. The lowest BCUT2D eigenvalue weighted by molar-refractivity contribution is 0.0180. The van der Waals surface area contributed by atoms with E-state index < -0.39 is 5.60 Å². The molecule has 0 saturated carbocycles. The zero-order valence-corrected chi connectivity index (χ0v) is 18.9. The van der Waals surface area contributed by atoms with E-state index in [0.29, 0.717) is 18.1 Å². The molecule has 1 amide bonds. The number of ether oxygens (including phenoxy) is 1. The molecule has 6 heteroatoms. The Balaban J connectivity index is 1.63. The highest BCUT2D eigenvalue weighted by Crippen LogP contribution is 2.43. The van der Waals surface area contributed by atoms with Gasteiger partial charge in [-0.25, -0.2) is 9.78 Å². The van der Waals surface area contributed by atoms with Crippen molar-refractivity contribution in [2.24, 2.45) is 0 Å². The molecule has 1 saturated heterocycles. The molecule has 0 aliphatic carbocycles. The number of halogens is 1. The molecule has 0 spiro atoms. The van der Waals surface area contributed by atoms with Crippen LogP contribution >= 0.6 is 11.6 Å². The fraction of sp³-hybridized carbons (Fsp3) is 0.360. The Hall–Kier alpha value is -2.79. The van der Waals surface area contributed by atoms with Gasteiger partial charge < -0.3 is 14.1 Å². The Morgan fingerprint density at radius 3 is 2.13 bits per heavy atom. The maximum absolute atomic E-state index is 12.6. The summed E-state index contributed by atoms with van der Waals surface area (Å²) in [6.45, 7) is 6.93. The summed E-state index contributed by atoms with van der Waals surface area (Å²) in [7, 11) is 0. The number of hydrogen-bond donors (Lipinski definition) is 0. The van der Waals surface area contributed by atoms with Crippen LogP contribution in [0.15, 0.2) is 65.5 Å². The molecule has 2 aromatic carbocycles. The summed E-state index contributed by atoms with van der Waals surface area (Å²) in [6, 6.07) is 16.5. The minimum atomic E-state index is -0.502. The van der Waals surface area contributed by atoms with Crippen molar-refractivity contribution in [2.75, 3.05) is 13.1 Å². The molecule has 0 bridgehead atoms. The van der Waals surface area contributed by atoms with Crippen molar-refractivity contribution in [3.05, 3.63) is 77.3 Å². The second kappa shape index (κ2) is 8.39. The average Bonchev–Trinajstić information content (AvgIpc) is 3.28. The van der Waals surface area contributed by atoms with Crippen LogP contribution in [0.25, 0.3) is 11.3 Å². The van der Waals surface area contributed by atoms with Gasteiger partial charge in [0.15, 0.2) is 12.2 Å². The molecule has 162 valence electrons. The van der Waals surface area contributed by atoms with Crippen molar-refractivity contribution >= 4 is 17.7 Å². The Morgan fingerprint density at radius 1 is 1.03 bits per heavy atom. The summed E-state index contributed by atoms with van der Waals surface area (Å²) in [6.07, 6.45) is 4.50. The Kier molecular flexibility index (Phi) is 5.80. The number of rotatable bonds is 3. The summed E-state index contributed by atoms with van der Waals surface area (Å²) in [5.74, 6) is 0.742. The number of aromatic nitrogens is 1. The van der Waals surface area contributed by atoms with Gasteiger partial charge in [-0.3, -0.25) is 0 Å². The van der Waals surface area contributed by atoms with Crippen LogP contribution in [-0.4, -0.2) is 34.7 Å². The van der Waals surface area contributed by atoms with Crippen LogP contribution in [0.1, 0.15) is 44.7 Å². The molecule has 0 N–H and O–H groups in total. The van der Waals surface area contributed by atoms with E-state index in [2.05, 4.69) is 41.4 Å². The monoisotopic (exact) mass is 438 g/mol. The van der Waals surface area contributed by atoms with Gasteiger partial charge in [0, 0.05) is 29.1 Å². The van der Waals surface area contributed by atoms with Crippen LogP contribution < -0.4 is 0 Å². The molecule has 1 aliphatic rings. The van der Waals surface area contributed by atoms with Gasteiger partial charge in [0.25, 0.3) is 0 Å². The number of oxazole rings is 1. The van der Waals surface area contributed by atoms with Crippen LogP contribution in [-0.2, 0) is 10.2 Å². The minimum absolute atomic E-state index is 0.205. The van der Waals surface area contributed by atoms with Gasteiger partial charge in [0.05, 0.1) is 6.20 Å². The van der Waals surface area contributed by atoms with Crippen molar-refractivity contribution < 1.29 is 13.9 Å². The first-order valence-corrected chi connectivity index (χ1v) is 10.9. The number of carbonyl (C=O) groups is 1. The maximum atomic E-state index is 12.6. The normalized spacial score (nSPS) is 16.2. The predicted molar refractivity (Wildman–Crippen MR) is 121 cm³/mol. The highest BCUT2D eigenvalue weighted by molar-refractivity contribution is 6.30. The largest absolute Gasteiger partial charge is 0.444 e. The number of benzene rings is 2. The fourth-order valence-corrected chi connectivity index (χ4v) is 4.35. The zero-order valence-electron chi connectivity index (χ0n) is 18.1.